The second-order valence-corrected chi connectivity index (χ2v) is 14.7. The quantitative estimate of drug-likeness (QED) is 0.248. The maximum atomic E-state index is 13.9. The Balaban J connectivity index is 1.45. The van der Waals surface area contributed by atoms with Crippen LogP contribution in [0.3, 0.4) is 0 Å². The monoisotopic (exact) mass is 681 g/mol. The minimum atomic E-state index is -0.689. The fourth-order valence-corrected chi connectivity index (χ4v) is 7.21. The summed E-state index contributed by atoms with van der Waals surface area (Å²) in [5.74, 6) is -1.05. The van der Waals surface area contributed by atoms with E-state index in [9.17, 15) is 19.2 Å². The number of carbonyl (C=O) groups excluding carboxylic acids is 4. The van der Waals surface area contributed by atoms with Gasteiger partial charge in [0.15, 0.2) is 0 Å². The predicted octanol–water partition coefficient (Wildman–Crippen LogP) is 3.65. The number of likely N-dealkylation sites (N-methyl/N-ethyl adjacent to an activating group) is 2. The molecule has 0 bridgehead atoms. The number of esters is 1. The zero-order chi connectivity index (χ0) is 35.7. The van der Waals surface area contributed by atoms with Crippen molar-refractivity contribution in [3.05, 3.63) is 47.5 Å². The molecule has 3 heterocycles. The maximum absolute atomic E-state index is 13.9. The number of likely N-dealkylation sites (tertiary alicyclic amines) is 2. The molecule has 3 aliphatic heterocycles. The van der Waals surface area contributed by atoms with Gasteiger partial charge >= 0.3 is 5.97 Å². The van der Waals surface area contributed by atoms with E-state index < -0.39 is 30.2 Å². The first kappa shape index (κ1) is 38.5. The van der Waals surface area contributed by atoms with Crippen molar-refractivity contribution in [2.75, 3.05) is 60.0 Å². The molecule has 0 aliphatic carbocycles. The van der Waals surface area contributed by atoms with E-state index in [0.29, 0.717) is 44.7 Å². The van der Waals surface area contributed by atoms with E-state index in [1.54, 1.807) is 23.8 Å². The highest BCUT2D eigenvalue weighted by Crippen LogP contribution is 2.27. The lowest BCUT2D eigenvalue weighted by Gasteiger charge is -2.36. The van der Waals surface area contributed by atoms with Crippen LogP contribution in [0.4, 0.5) is 0 Å². The molecule has 3 fully saturated rings. The van der Waals surface area contributed by atoms with Gasteiger partial charge in [-0.2, -0.15) is 0 Å². The van der Waals surface area contributed by atoms with E-state index >= 15 is 0 Å². The van der Waals surface area contributed by atoms with Crippen molar-refractivity contribution in [1.82, 2.24) is 24.9 Å². The molecular formula is C38H59N5O6. The van der Waals surface area contributed by atoms with Crippen molar-refractivity contribution in [2.24, 2.45) is 11.8 Å². The minimum absolute atomic E-state index is 0.00384. The first-order valence-corrected chi connectivity index (χ1v) is 18.2. The predicted molar refractivity (Wildman–Crippen MR) is 189 cm³/mol. The van der Waals surface area contributed by atoms with Gasteiger partial charge in [-0.15, -0.1) is 0 Å². The third-order valence-electron chi connectivity index (χ3n) is 10.3. The summed E-state index contributed by atoms with van der Waals surface area (Å²) in [5.41, 5.74) is 1.39. The molecule has 0 saturated carbocycles. The molecule has 0 aromatic heterocycles. The molecule has 272 valence electrons. The van der Waals surface area contributed by atoms with Crippen molar-refractivity contribution in [1.29, 1.82) is 0 Å². The molecule has 1 aromatic rings. The molecule has 3 amide bonds. The summed E-state index contributed by atoms with van der Waals surface area (Å²) >= 11 is 0. The Morgan fingerprint density at radius 1 is 0.939 bits per heavy atom. The molecule has 3 aliphatic rings. The van der Waals surface area contributed by atoms with Gasteiger partial charge in [0.2, 0.25) is 17.7 Å². The van der Waals surface area contributed by atoms with Gasteiger partial charge in [0, 0.05) is 38.8 Å². The second kappa shape index (κ2) is 18.1. The standard InChI is InChI=1S/C38H59N5O6/c1-26(2)32(41(7)37(46)34(27(3)4)39-35(44)30-16-11-12-18-40(30)6)24-28(5)36(45)43-19-13-17-31(43)38(47)49-33(29-14-9-8-10-15-29)25-42-20-22-48-23-21-42/h8-10,14-15,24,26-27,30-34H,11-13,16-23,25H2,1-7H3,(H,39,44)/t30-,31+,32-,33?,34+/m1/s1. The first-order chi connectivity index (χ1) is 23.4. The topological polar surface area (TPSA) is 112 Å². The number of hydrogen-bond acceptors (Lipinski definition) is 8. The summed E-state index contributed by atoms with van der Waals surface area (Å²) in [6.45, 7) is 14.4. The van der Waals surface area contributed by atoms with E-state index in [4.69, 9.17) is 9.47 Å². The Bertz CT molecular complexity index is 1300. The van der Waals surface area contributed by atoms with E-state index in [1.165, 1.54) is 0 Å². The summed E-state index contributed by atoms with van der Waals surface area (Å²) in [6.07, 6.45) is 5.46. The van der Waals surface area contributed by atoms with E-state index in [-0.39, 0.29) is 35.6 Å². The average molecular weight is 682 g/mol. The smallest absolute Gasteiger partial charge is 0.329 e. The number of piperidine rings is 1. The van der Waals surface area contributed by atoms with Crippen LogP contribution in [-0.2, 0) is 28.7 Å². The Hall–Kier alpha value is -3.28. The third-order valence-corrected chi connectivity index (χ3v) is 10.3. The molecule has 11 nitrogen and oxygen atoms in total. The number of nitrogens with one attached hydrogen (secondary N) is 1. The lowest BCUT2D eigenvalue weighted by atomic mass is 9.96. The van der Waals surface area contributed by atoms with Crippen LogP contribution < -0.4 is 5.32 Å². The summed E-state index contributed by atoms with van der Waals surface area (Å²) in [5, 5.41) is 3.05. The van der Waals surface area contributed by atoms with Gasteiger partial charge in [0.05, 0.1) is 25.3 Å². The maximum Gasteiger partial charge on any atom is 0.329 e. The van der Waals surface area contributed by atoms with Crippen LogP contribution in [0.25, 0.3) is 0 Å². The molecule has 49 heavy (non-hydrogen) atoms. The summed E-state index contributed by atoms with van der Waals surface area (Å²) in [6, 6.07) is 7.75. The number of hydrogen-bond donors (Lipinski definition) is 1. The summed E-state index contributed by atoms with van der Waals surface area (Å²) in [4.78, 5) is 62.5. The molecule has 4 rings (SSSR count). The molecular weight excluding hydrogens is 622 g/mol. The number of rotatable bonds is 13. The average Bonchev–Trinajstić information content (AvgIpc) is 3.59. The molecule has 3 saturated heterocycles. The van der Waals surface area contributed by atoms with Crippen molar-refractivity contribution >= 4 is 23.7 Å². The Morgan fingerprint density at radius 3 is 2.24 bits per heavy atom. The van der Waals surface area contributed by atoms with E-state index in [0.717, 1.165) is 44.5 Å². The molecule has 0 radical (unpaired) electrons. The third kappa shape index (κ3) is 10.1. The van der Waals surface area contributed by atoms with Gasteiger partial charge in [0.25, 0.3) is 0 Å². The molecule has 5 atom stereocenters. The van der Waals surface area contributed by atoms with Crippen LogP contribution in [-0.4, -0.2) is 127 Å². The van der Waals surface area contributed by atoms with Crippen LogP contribution in [0.15, 0.2) is 42.0 Å². The Morgan fingerprint density at radius 2 is 1.61 bits per heavy atom. The highest BCUT2D eigenvalue weighted by Gasteiger charge is 2.39. The fourth-order valence-electron chi connectivity index (χ4n) is 7.21. The van der Waals surface area contributed by atoms with E-state index in [2.05, 4.69) is 15.1 Å². The van der Waals surface area contributed by atoms with Gasteiger partial charge in [-0.05, 0) is 63.6 Å². The van der Waals surface area contributed by atoms with Crippen LogP contribution in [0, 0.1) is 11.8 Å². The van der Waals surface area contributed by atoms with Gasteiger partial charge in [0.1, 0.15) is 18.2 Å². The fraction of sp³-hybridized carbons (Fsp3) is 0.684. The van der Waals surface area contributed by atoms with Crippen molar-refractivity contribution < 1.29 is 28.7 Å². The Kier molecular flexibility index (Phi) is 14.2. The van der Waals surface area contributed by atoms with Crippen molar-refractivity contribution in [3.63, 3.8) is 0 Å². The van der Waals surface area contributed by atoms with Crippen LogP contribution >= 0.6 is 0 Å². The van der Waals surface area contributed by atoms with Crippen LogP contribution in [0.5, 0.6) is 0 Å². The SMILES string of the molecule is CC(=C[C@H](C(C)C)N(C)C(=O)[C@@H](NC(=O)[C@H]1CCCCN1C)C(C)C)C(=O)N1CCC[C@H]1C(=O)OC(CN1CCOCC1)c1ccccc1. The summed E-state index contributed by atoms with van der Waals surface area (Å²) in [7, 11) is 3.70. The van der Waals surface area contributed by atoms with Crippen LogP contribution in [0.2, 0.25) is 0 Å². The largest absolute Gasteiger partial charge is 0.455 e. The van der Waals surface area contributed by atoms with Crippen molar-refractivity contribution in [2.45, 2.75) is 97.0 Å². The molecule has 1 N–H and O–H groups in total. The minimum Gasteiger partial charge on any atom is -0.455 e. The van der Waals surface area contributed by atoms with Gasteiger partial charge < -0.3 is 24.6 Å². The normalized spacial score (nSPS) is 22.9. The first-order valence-electron chi connectivity index (χ1n) is 18.2. The zero-order valence-corrected chi connectivity index (χ0v) is 30.7. The highest BCUT2D eigenvalue weighted by molar-refractivity contribution is 5.96. The number of benzene rings is 1. The number of ether oxygens (including phenoxy) is 2. The van der Waals surface area contributed by atoms with E-state index in [1.807, 2.05) is 71.2 Å². The number of nitrogens with zero attached hydrogens (tertiary/aromatic N) is 4. The number of carbonyl (C=O) groups is 4. The lowest BCUT2D eigenvalue weighted by Crippen LogP contribution is -2.57. The zero-order valence-electron chi connectivity index (χ0n) is 30.7. The molecule has 1 aromatic carbocycles. The molecule has 1 unspecified atom stereocenters. The Labute approximate surface area is 293 Å². The number of morpholine rings is 1. The van der Waals surface area contributed by atoms with Crippen LogP contribution in [0.1, 0.15) is 78.4 Å². The van der Waals surface area contributed by atoms with Gasteiger partial charge in [-0.25, -0.2) is 4.79 Å². The van der Waals surface area contributed by atoms with Gasteiger partial charge in [-0.3, -0.25) is 24.2 Å². The van der Waals surface area contributed by atoms with Gasteiger partial charge in [-0.1, -0.05) is 70.5 Å². The molecule has 0 spiro atoms. The summed E-state index contributed by atoms with van der Waals surface area (Å²) < 4.78 is 11.7. The lowest BCUT2D eigenvalue weighted by molar-refractivity contribution is -0.159. The second-order valence-electron chi connectivity index (χ2n) is 14.7. The highest BCUT2D eigenvalue weighted by atomic mass is 16.5. The number of amides is 3. The molecule has 11 heteroatoms. The van der Waals surface area contributed by atoms with Crippen molar-refractivity contribution in [3.8, 4) is 0 Å².